The Morgan fingerprint density at radius 2 is 2.12 bits per heavy atom. The summed E-state index contributed by atoms with van der Waals surface area (Å²) in [4.78, 5) is 13.5. The molecule has 9 heteroatoms. The third-order valence-corrected chi connectivity index (χ3v) is 7.40. The van der Waals surface area contributed by atoms with Crippen LogP contribution in [-0.4, -0.2) is 64.2 Å². The Kier molecular flexibility index (Phi) is 5.56. The predicted octanol–water partition coefficient (Wildman–Crippen LogP) is 0.986. The Balaban J connectivity index is 1.70. The lowest BCUT2D eigenvalue weighted by atomic mass is 10.2. The molecule has 2 aliphatic heterocycles. The Hall–Kier alpha value is -1.00. The largest absolute Gasteiger partial charge is 0.379 e. The van der Waals surface area contributed by atoms with E-state index in [1.54, 1.807) is 6.92 Å². The van der Waals surface area contributed by atoms with E-state index in [1.807, 2.05) is 0 Å². The number of rotatable bonds is 5. The van der Waals surface area contributed by atoms with Gasteiger partial charge >= 0.3 is 0 Å². The summed E-state index contributed by atoms with van der Waals surface area (Å²) in [6, 6.07) is 1.48. The fourth-order valence-corrected chi connectivity index (χ4v) is 5.74. The second kappa shape index (κ2) is 7.49. The number of morpholine rings is 1. The molecule has 0 aliphatic carbocycles. The molecule has 0 saturated carbocycles. The van der Waals surface area contributed by atoms with Crippen molar-refractivity contribution in [3.8, 4) is 0 Å². The summed E-state index contributed by atoms with van der Waals surface area (Å²) in [5.41, 5.74) is 0. The molecular formula is C15H22N2O5S2. The zero-order valence-electron chi connectivity index (χ0n) is 13.6. The first-order chi connectivity index (χ1) is 11.5. The zero-order valence-corrected chi connectivity index (χ0v) is 15.2. The van der Waals surface area contributed by atoms with Crippen LogP contribution in [-0.2, 0) is 19.5 Å². The minimum atomic E-state index is -3.58. The lowest BCUT2D eigenvalue weighted by Gasteiger charge is -2.25. The highest BCUT2D eigenvalue weighted by molar-refractivity contribution is 7.89. The molecule has 1 atom stereocenters. The number of sulfonamides is 1. The third-order valence-electron chi connectivity index (χ3n) is 4.20. The van der Waals surface area contributed by atoms with Crippen molar-refractivity contribution in [2.45, 2.75) is 30.8 Å². The molecule has 134 valence electrons. The maximum absolute atomic E-state index is 12.7. The molecule has 1 aromatic heterocycles. The van der Waals surface area contributed by atoms with Gasteiger partial charge in [-0.25, -0.2) is 8.42 Å². The average Bonchev–Trinajstić information content (AvgIpc) is 3.23. The van der Waals surface area contributed by atoms with Crippen LogP contribution >= 0.6 is 11.3 Å². The SMILES string of the molecule is Cc1sc(C(=O)NC[C@H]2CCCO2)cc1S(=O)(=O)N1CCOCC1. The molecule has 2 saturated heterocycles. The van der Waals surface area contributed by atoms with Gasteiger partial charge in [-0.2, -0.15) is 4.31 Å². The minimum Gasteiger partial charge on any atom is -0.379 e. The maximum Gasteiger partial charge on any atom is 0.261 e. The first-order valence-corrected chi connectivity index (χ1v) is 10.3. The molecule has 0 unspecified atom stereocenters. The minimum absolute atomic E-state index is 0.0616. The summed E-state index contributed by atoms with van der Waals surface area (Å²) in [5, 5.41) is 2.83. The van der Waals surface area contributed by atoms with E-state index in [2.05, 4.69) is 5.32 Å². The van der Waals surface area contributed by atoms with Gasteiger partial charge in [-0.05, 0) is 25.8 Å². The third kappa shape index (κ3) is 3.80. The Morgan fingerprint density at radius 1 is 1.38 bits per heavy atom. The van der Waals surface area contributed by atoms with E-state index in [0.717, 1.165) is 19.4 Å². The molecule has 0 radical (unpaired) electrons. The van der Waals surface area contributed by atoms with Gasteiger partial charge in [-0.1, -0.05) is 0 Å². The quantitative estimate of drug-likeness (QED) is 0.831. The van der Waals surface area contributed by atoms with Crippen molar-refractivity contribution in [3.63, 3.8) is 0 Å². The molecule has 2 fully saturated rings. The number of carbonyl (C=O) groups excluding carboxylic acids is 1. The fraction of sp³-hybridized carbons (Fsp3) is 0.667. The summed E-state index contributed by atoms with van der Waals surface area (Å²) in [6.45, 7) is 4.42. The second-order valence-electron chi connectivity index (χ2n) is 5.89. The van der Waals surface area contributed by atoms with E-state index >= 15 is 0 Å². The highest BCUT2D eigenvalue weighted by atomic mass is 32.2. The average molecular weight is 374 g/mol. The van der Waals surface area contributed by atoms with Crippen LogP contribution in [0.2, 0.25) is 0 Å². The van der Waals surface area contributed by atoms with Crippen molar-refractivity contribution >= 4 is 27.3 Å². The van der Waals surface area contributed by atoms with Crippen molar-refractivity contribution in [2.75, 3.05) is 39.5 Å². The number of thiophene rings is 1. The number of amides is 1. The highest BCUT2D eigenvalue weighted by Crippen LogP contribution is 2.28. The van der Waals surface area contributed by atoms with Crippen molar-refractivity contribution < 1.29 is 22.7 Å². The summed E-state index contributed by atoms with van der Waals surface area (Å²) < 4.78 is 37.6. The van der Waals surface area contributed by atoms with Crippen LogP contribution in [0.5, 0.6) is 0 Å². The monoisotopic (exact) mass is 374 g/mol. The maximum atomic E-state index is 12.7. The van der Waals surface area contributed by atoms with Gasteiger partial charge in [0, 0.05) is 31.1 Å². The number of hydrogen-bond donors (Lipinski definition) is 1. The Morgan fingerprint density at radius 3 is 2.79 bits per heavy atom. The van der Waals surface area contributed by atoms with Crippen molar-refractivity contribution in [3.05, 3.63) is 15.8 Å². The summed E-state index contributed by atoms with van der Waals surface area (Å²) >= 11 is 1.21. The fourth-order valence-electron chi connectivity index (χ4n) is 2.86. The molecule has 3 rings (SSSR count). The number of ether oxygens (including phenoxy) is 2. The molecule has 7 nitrogen and oxygen atoms in total. The molecule has 1 aromatic rings. The molecule has 24 heavy (non-hydrogen) atoms. The van der Waals surface area contributed by atoms with Gasteiger partial charge in [0.15, 0.2) is 0 Å². The summed E-state index contributed by atoms with van der Waals surface area (Å²) in [6.07, 6.45) is 2.02. The number of carbonyl (C=O) groups is 1. The van der Waals surface area contributed by atoms with Gasteiger partial charge in [0.05, 0.1) is 29.1 Å². The molecular weight excluding hydrogens is 352 g/mol. The van der Waals surface area contributed by atoms with Crippen LogP contribution in [0.15, 0.2) is 11.0 Å². The number of nitrogens with zero attached hydrogens (tertiary/aromatic N) is 1. The summed E-state index contributed by atoms with van der Waals surface area (Å²) in [5.74, 6) is -0.248. The first-order valence-electron chi connectivity index (χ1n) is 8.06. The van der Waals surface area contributed by atoms with E-state index in [-0.39, 0.29) is 16.9 Å². The lowest BCUT2D eigenvalue weighted by Crippen LogP contribution is -2.40. The van der Waals surface area contributed by atoms with Crippen molar-refractivity contribution in [1.82, 2.24) is 9.62 Å². The van der Waals surface area contributed by atoms with Crippen molar-refractivity contribution in [2.24, 2.45) is 0 Å². The molecule has 0 aromatic carbocycles. The lowest BCUT2D eigenvalue weighted by molar-refractivity contribution is 0.0730. The Labute approximate surface area is 146 Å². The summed E-state index contributed by atoms with van der Waals surface area (Å²) in [7, 11) is -3.58. The van der Waals surface area contributed by atoms with Crippen LogP contribution < -0.4 is 5.32 Å². The van der Waals surface area contributed by atoms with Crippen LogP contribution in [0.3, 0.4) is 0 Å². The van der Waals surface area contributed by atoms with E-state index in [9.17, 15) is 13.2 Å². The van der Waals surface area contributed by atoms with Gasteiger partial charge in [-0.3, -0.25) is 4.79 Å². The van der Waals surface area contributed by atoms with Crippen LogP contribution in [0.25, 0.3) is 0 Å². The Bertz CT molecular complexity index is 689. The van der Waals surface area contributed by atoms with Gasteiger partial charge in [-0.15, -0.1) is 11.3 Å². The molecule has 0 spiro atoms. The zero-order chi connectivity index (χ0) is 17.2. The first kappa shape index (κ1) is 17.8. The topological polar surface area (TPSA) is 84.9 Å². The van der Waals surface area contributed by atoms with Gasteiger partial charge in [0.25, 0.3) is 5.91 Å². The number of aryl methyl sites for hydroxylation is 1. The predicted molar refractivity (Wildman–Crippen MR) is 89.9 cm³/mol. The van der Waals surface area contributed by atoms with E-state index < -0.39 is 10.0 Å². The van der Waals surface area contributed by atoms with Crippen molar-refractivity contribution in [1.29, 1.82) is 0 Å². The molecule has 1 amide bonds. The van der Waals surface area contributed by atoms with Crippen LogP contribution in [0, 0.1) is 6.92 Å². The van der Waals surface area contributed by atoms with Gasteiger partial charge in [0.2, 0.25) is 10.0 Å². The number of hydrogen-bond acceptors (Lipinski definition) is 6. The second-order valence-corrected chi connectivity index (χ2v) is 9.06. The molecule has 2 aliphatic rings. The standard InChI is InChI=1S/C15H22N2O5S2/c1-11-14(24(19,20)17-4-7-21-8-5-17)9-13(23-11)15(18)16-10-12-3-2-6-22-12/h9,12H,2-8,10H2,1H3,(H,16,18)/t12-/m1/s1. The van der Waals surface area contributed by atoms with E-state index in [4.69, 9.17) is 9.47 Å². The van der Waals surface area contributed by atoms with E-state index in [1.165, 1.54) is 21.7 Å². The molecule has 0 bridgehead atoms. The molecule has 3 heterocycles. The van der Waals surface area contributed by atoms with Crippen LogP contribution in [0.1, 0.15) is 27.4 Å². The van der Waals surface area contributed by atoms with Gasteiger partial charge < -0.3 is 14.8 Å². The highest BCUT2D eigenvalue weighted by Gasteiger charge is 2.30. The number of nitrogens with one attached hydrogen (secondary N) is 1. The van der Waals surface area contributed by atoms with Crippen LogP contribution in [0.4, 0.5) is 0 Å². The smallest absolute Gasteiger partial charge is 0.261 e. The molecule has 1 N–H and O–H groups in total. The normalized spacial score (nSPS) is 22.6. The van der Waals surface area contributed by atoms with Gasteiger partial charge in [0.1, 0.15) is 0 Å². The van der Waals surface area contributed by atoms with E-state index in [0.29, 0.717) is 42.6 Å².